The average molecular weight is 260 g/mol. The van der Waals surface area contributed by atoms with E-state index in [-0.39, 0.29) is 0 Å². The van der Waals surface area contributed by atoms with Crippen LogP contribution in [0.1, 0.15) is 21.0 Å². The van der Waals surface area contributed by atoms with Gasteiger partial charge in [0.25, 0.3) is 0 Å². The van der Waals surface area contributed by atoms with Crippen LogP contribution in [0.25, 0.3) is 5.65 Å². The summed E-state index contributed by atoms with van der Waals surface area (Å²) in [5.74, 6) is -0.134. The second-order valence-corrected chi connectivity index (χ2v) is 4.08. The van der Waals surface area contributed by atoms with Crippen LogP contribution < -0.4 is 0 Å². The molecular formula is C9H7Cl2N3O2. The molecule has 0 spiro atoms. The summed E-state index contributed by atoms with van der Waals surface area (Å²) in [4.78, 5) is 14.5. The normalized spacial score (nSPS) is 11.0. The van der Waals surface area contributed by atoms with E-state index in [1.165, 1.54) is 11.6 Å². The molecule has 2 rings (SSSR count). The first-order valence-corrected chi connectivity index (χ1v) is 5.22. The fourth-order valence-corrected chi connectivity index (χ4v) is 1.42. The second-order valence-electron chi connectivity index (χ2n) is 2.98. The van der Waals surface area contributed by atoms with Crippen molar-refractivity contribution in [1.29, 1.82) is 0 Å². The maximum Gasteiger partial charge on any atom is 0.338 e. The zero-order valence-corrected chi connectivity index (χ0v) is 9.74. The van der Waals surface area contributed by atoms with Crippen LogP contribution in [0.3, 0.4) is 0 Å². The highest BCUT2D eigenvalue weighted by Crippen LogP contribution is 2.21. The number of hydrogen-bond acceptors (Lipinski definition) is 4. The zero-order valence-electron chi connectivity index (χ0n) is 8.22. The molecule has 0 bridgehead atoms. The van der Waals surface area contributed by atoms with Gasteiger partial charge in [-0.2, -0.15) is 0 Å². The Labute approximate surface area is 101 Å². The van der Waals surface area contributed by atoms with Crippen molar-refractivity contribution < 1.29 is 9.53 Å². The van der Waals surface area contributed by atoms with Crippen molar-refractivity contribution in [2.45, 2.75) is 4.84 Å². The molecule has 0 radical (unpaired) electrons. The van der Waals surface area contributed by atoms with Crippen molar-refractivity contribution >= 4 is 34.8 Å². The molecule has 5 nitrogen and oxygen atoms in total. The summed E-state index contributed by atoms with van der Waals surface area (Å²) in [5.41, 5.74) is 0.888. The molecule has 0 atom stereocenters. The van der Waals surface area contributed by atoms with Gasteiger partial charge in [0.2, 0.25) is 0 Å². The molecular weight excluding hydrogens is 253 g/mol. The van der Waals surface area contributed by atoms with E-state index in [9.17, 15) is 4.79 Å². The second kappa shape index (κ2) is 4.27. The van der Waals surface area contributed by atoms with E-state index in [1.807, 2.05) is 0 Å². The Bertz CT molecular complexity index is 539. The number of hydrogen-bond donors (Lipinski definition) is 0. The van der Waals surface area contributed by atoms with Gasteiger partial charge in [0.1, 0.15) is 0 Å². The monoisotopic (exact) mass is 259 g/mol. The van der Waals surface area contributed by atoms with Gasteiger partial charge in [-0.3, -0.25) is 0 Å². The number of rotatable bonds is 2. The Hall–Kier alpha value is -1.33. The van der Waals surface area contributed by atoms with Crippen molar-refractivity contribution in [3.05, 3.63) is 29.7 Å². The predicted molar refractivity (Wildman–Crippen MR) is 58.8 cm³/mol. The number of fused-ring (bicyclic) bond motifs is 1. The number of pyridine rings is 1. The number of carbonyl (C=O) groups excluding carboxylic acids is 1. The van der Waals surface area contributed by atoms with Crippen LogP contribution in [0.2, 0.25) is 0 Å². The Morgan fingerprint density at radius 3 is 2.94 bits per heavy atom. The van der Waals surface area contributed by atoms with Gasteiger partial charge < -0.3 is 4.74 Å². The molecule has 0 amide bonds. The first-order chi connectivity index (χ1) is 7.61. The van der Waals surface area contributed by atoms with Crippen molar-refractivity contribution in [2.75, 3.05) is 7.11 Å². The van der Waals surface area contributed by atoms with E-state index in [4.69, 9.17) is 23.2 Å². The molecule has 84 valence electrons. The fraction of sp³-hybridized carbons (Fsp3) is 0.222. The number of nitrogens with zero attached hydrogens (tertiary/aromatic N) is 3. The SMILES string of the molecule is COC(=O)c1ccn2nc(C(Cl)Cl)nc2c1. The van der Waals surface area contributed by atoms with Crippen LogP contribution >= 0.6 is 23.2 Å². The lowest BCUT2D eigenvalue weighted by Crippen LogP contribution is -2.02. The molecule has 0 aliphatic heterocycles. The van der Waals surface area contributed by atoms with E-state index < -0.39 is 10.8 Å². The van der Waals surface area contributed by atoms with Crippen LogP contribution in [-0.2, 0) is 4.74 Å². The fourth-order valence-electron chi connectivity index (χ4n) is 1.24. The first kappa shape index (κ1) is 11.2. The lowest BCUT2D eigenvalue weighted by atomic mass is 10.3. The summed E-state index contributed by atoms with van der Waals surface area (Å²) in [7, 11) is 1.31. The molecule has 0 aliphatic rings. The third kappa shape index (κ3) is 1.96. The Morgan fingerprint density at radius 1 is 1.56 bits per heavy atom. The number of ether oxygens (including phenoxy) is 1. The molecule has 2 aromatic heterocycles. The molecule has 2 aromatic rings. The summed E-state index contributed by atoms with van der Waals surface area (Å²) >= 11 is 11.3. The van der Waals surface area contributed by atoms with Crippen molar-refractivity contribution in [2.24, 2.45) is 0 Å². The number of halogens is 2. The van der Waals surface area contributed by atoms with Gasteiger partial charge >= 0.3 is 5.97 Å². The van der Waals surface area contributed by atoms with Crippen LogP contribution in [0.5, 0.6) is 0 Å². The maximum absolute atomic E-state index is 11.3. The summed E-state index contributed by atoms with van der Waals surface area (Å²) in [6.07, 6.45) is 1.59. The van der Waals surface area contributed by atoms with Gasteiger partial charge in [-0.25, -0.2) is 14.3 Å². The van der Waals surface area contributed by atoms with Crippen molar-refractivity contribution in [3.63, 3.8) is 0 Å². The van der Waals surface area contributed by atoms with E-state index >= 15 is 0 Å². The Kier molecular flexibility index (Phi) is 2.98. The molecule has 0 saturated carbocycles. The molecule has 0 aromatic carbocycles. The zero-order chi connectivity index (χ0) is 11.7. The van der Waals surface area contributed by atoms with Gasteiger partial charge in [-0.1, -0.05) is 23.2 Å². The number of alkyl halides is 2. The number of esters is 1. The van der Waals surface area contributed by atoms with Gasteiger partial charge in [-0.05, 0) is 12.1 Å². The molecule has 0 unspecified atom stereocenters. The van der Waals surface area contributed by atoms with Crippen molar-refractivity contribution in [1.82, 2.24) is 14.6 Å². The molecule has 0 fully saturated rings. The molecule has 0 N–H and O–H groups in total. The lowest BCUT2D eigenvalue weighted by molar-refractivity contribution is 0.0600. The predicted octanol–water partition coefficient (Wildman–Crippen LogP) is 1.99. The number of methoxy groups -OCH3 is 1. The topological polar surface area (TPSA) is 56.5 Å². The Morgan fingerprint density at radius 2 is 2.31 bits per heavy atom. The first-order valence-electron chi connectivity index (χ1n) is 4.34. The van der Waals surface area contributed by atoms with E-state index in [2.05, 4.69) is 14.8 Å². The summed E-state index contributed by atoms with van der Waals surface area (Å²) in [6, 6.07) is 3.13. The third-order valence-electron chi connectivity index (χ3n) is 1.97. The van der Waals surface area contributed by atoms with Crippen LogP contribution in [-0.4, -0.2) is 27.7 Å². The summed E-state index contributed by atoms with van der Waals surface area (Å²) in [6.45, 7) is 0. The minimum atomic E-state index is -0.790. The highest BCUT2D eigenvalue weighted by Gasteiger charge is 2.12. The van der Waals surface area contributed by atoms with Crippen LogP contribution in [0.4, 0.5) is 0 Å². The van der Waals surface area contributed by atoms with E-state index in [1.54, 1.807) is 18.3 Å². The smallest absolute Gasteiger partial charge is 0.338 e. The molecule has 16 heavy (non-hydrogen) atoms. The maximum atomic E-state index is 11.3. The van der Waals surface area contributed by atoms with Gasteiger partial charge in [0.15, 0.2) is 16.3 Å². The largest absolute Gasteiger partial charge is 0.465 e. The number of aromatic nitrogens is 3. The standard InChI is InChI=1S/C9H7Cl2N3O2/c1-16-9(15)5-2-3-14-6(4-5)12-8(13-14)7(10)11/h2-4,7H,1H3. The van der Waals surface area contributed by atoms with Crippen LogP contribution in [0, 0.1) is 0 Å². The minimum Gasteiger partial charge on any atom is -0.465 e. The van der Waals surface area contributed by atoms with E-state index in [0.29, 0.717) is 17.0 Å². The lowest BCUT2D eigenvalue weighted by Gasteiger charge is -1.97. The molecule has 7 heteroatoms. The van der Waals surface area contributed by atoms with Gasteiger partial charge in [-0.15, -0.1) is 5.10 Å². The highest BCUT2D eigenvalue weighted by molar-refractivity contribution is 6.43. The summed E-state index contributed by atoms with van der Waals surface area (Å²) < 4.78 is 6.08. The Balaban J connectivity index is 2.49. The van der Waals surface area contributed by atoms with Crippen molar-refractivity contribution in [3.8, 4) is 0 Å². The molecule has 0 aliphatic carbocycles. The molecule has 0 saturated heterocycles. The van der Waals surface area contributed by atoms with E-state index in [0.717, 1.165) is 0 Å². The quantitative estimate of drug-likeness (QED) is 0.612. The third-order valence-corrected chi connectivity index (χ3v) is 2.36. The van der Waals surface area contributed by atoms with Gasteiger partial charge in [0, 0.05) is 6.20 Å². The highest BCUT2D eigenvalue weighted by atomic mass is 35.5. The van der Waals surface area contributed by atoms with Gasteiger partial charge in [0.05, 0.1) is 12.7 Å². The number of carbonyl (C=O) groups is 1. The summed E-state index contributed by atoms with van der Waals surface area (Å²) in [5, 5.41) is 4.03. The minimum absolute atomic E-state index is 0.297. The van der Waals surface area contributed by atoms with Crippen LogP contribution in [0.15, 0.2) is 18.3 Å². The average Bonchev–Trinajstić information content (AvgIpc) is 2.70. The molecule has 2 heterocycles.